The van der Waals surface area contributed by atoms with E-state index in [-0.39, 0.29) is 11.8 Å². The lowest BCUT2D eigenvalue weighted by Gasteiger charge is -2.11. The molecule has 0 bridgehead atoms. The van der Waals surface area contributed by atoms with E-state index in [9.17, 15) is 8.42 Å². The fourth-order valence-corrected chi connectivity index (χ4v) is 1.39. The van der Waals surface area contributed by atoms with Crippen molar-refractivity contribution in [3.05, 3.63) is 0 Å². The minimum Gasteiger partial charge on any atom is -0.353 e. The van der Waals surface area contributed by atoms with Crippen LogP contribution in [0.1, 0.15) is 20.3 Å². The van der Waals surface area contributed by atoms with E-state index >= 15 is 0 Å². The highest BCUT2D eigenvalue weighted by atomic mass is 32.2. The predicted molar refractivity (Wildman–Crippen MR) is 60.5 cm³/mol. The molecule has 0 aromatic rings. The van der Waals surface area contributed by atoms with E-state index in [0.29, 0.717) is 18.9 Å². The van der Waals surface area contributed by atoms with Gasteiger partial charge in [-0.3, -0.25) is 10.4 Å². The van der Waals surface area contributed by atoms with E-state index in [1.807, 2.05) is 13.8 Å². The van der Waals surface area contributed by atoms with Crippen molar-refractivity contribution in [2.24, 2.45) is 16.0 Å². The summed E-state index contributed by atoms with van der Waals surface area (Å²) in [5.74, 6) is 5.57. The molecule has 90 valence electrons. The van der Waals surface area contributed by atoms with E-state index in [0.717, 1.165) is 0 Å². The van der Waals surface area contributed by atoms with Crippen molar-refractivity contribution < 1.29 is 8.42 Å². The number of guanidine groups is 1. The molecule has 7 nitrogen and oxygen atoms in total. The number of hydrogen-bond acceptors (Lipinski definition) is 4. The van der Waals surface area contributed by atoms with Crippen molar-refractivity contribution in [3.8, 4) is 0 Å². The van der Waals surface area contributed by atoms with Crippen LogP contribution in [0.4, 0.5) is 0 Å². The highest BCUT2D eigenvalue weighted by Gasteiger charge is 2.02. The van der Waals surface area contributed by atoms with Crippen molar-refractivity contribution in [2.45, 2.75) is 26.3 Å². The molecule has 0 radical (unpaired) electrons. The fourth-order valence-electron chi connectivity index (χ4n) is 0.863. The van der Waals surface area contributed by atoms with Crippen molar-refractivity contribution in [2.75, 3.05) is 12.3 Å². The number of aliphatic imine (C=N–C) groups is 1. The van der Waals surface area contributed by atoms with Gasteiger partial charge in [-0.2, -0.15) is 0 Å². The summed E-state index contributed by atoms with van der Waals surface area (Å²) in [5.41, 5.74) is 2.39. The van der Waals surface area contributed by atoms with Crippen LogP contribution in [0.15, 0.2) is 4.99 Å². The number of nitrogens with one attached hydrogen (secondary N) is 2. The highest BCUT2D eigenvalue weighted by Crippen LogP contribution is 1.87. The zero-order chi connectivity index (χ0) is 11.9. The van der Waals surface area contributed by atoms with Gasteiger partial charge in [0, 0.05) is 12.6 Å². The molecule has 0 aliphatic carbocycles. The molecular formula is C7H19N5O2S. The fraction of sp³-hybridized carbons (Fsp3) is 0.857. The Morgan fingerprint density at radius 3 is 2.47 bits per heavy atom. The molecule has 0 rings (SSSR count). The molecule has 0 atom stereocenters. The molecule has 8 heteroatoms. The first-order chi connectivity index (χ1) is 6.85. The molecule has 0 heterocycles. The van der Waals surface area contributed by atoms with Crippen LogP contribution < -0.4 is 21.7 Å². The third kappa shape index (κ3) is 9.44. The Morgan fingerprint density at radius 1 is 1.47 bits per heavy atom. The molecule has 6 N–H and O–H groups in total. The van der Waals surface area contributed by atoms with Gasteiger partial charge in [0.1, 0.15) is 0 Å². The topological polar surface area (TPSA) is 123 Å². The minimum absolute atomic E-state index is 0.0734. The summed E-state index contributed by atoms with van der Waals surface area (Å²) in [7, 11) is -3.39. The quantitative estimate of drug-likeness (QED) is 0.152. The summed E-state index contributed by atoms with van der Waals surface area (Å²) < 4.78 is 21.2. The molecule has 0 unspecified atom stereocenters. The Labute approximate surface area is 90.3 Å². The first-order valence-corrected chi connectivity index (χ1v) is 6.35. The van der Waals surface area contributed by atoms with E-state index in [2.05, 4.69) is 15.7 Å². The Bertz CT molecular complexity index is 299. The molecule has 15 heavy (non-hydrogen) atoms. The largest absolute Gasteiger partial charge is 0.353 e. The SMILES string of the molecule is CC(C)NC(=NCCCS(N)(=O)=O)NN. The number of hydrogen-bond donors (Lipinski definition) is 4. The van der Waals surface area contributed by atoms with Gasteiger partial charge in [0.25, 0.3) is 0 Å². The molecule has 0 spiro atoms. The second kappa shape index (κ2) is 6.59. The number of rotatable bonds is 5. The van der Waals surface area contributed by atoms with Crippen LogP contribution in [0.25, 0.3) is 0 Å². The van der Waals surface area contributed by atoms with Crippen molar-refractivity contribution >= 4 is 16.0 Å². The molecule has 0 fully saturated rings. The van der Waals surface area contributed by atoms with Gasteiger partial charge in [0.05, 0.1) is 5.75 Å². The summed E-state index contributed by atoms with van der Waals surface area (Å²) in [5, 5.41) is 7.79. The van der Waals surface area contributed by atoms with Gasteiger partial charge in [-0.15, -0.1) is 0 Å². The van der Waals surface area contributed by atoms with Crippen molar-refractivity contribution in [1.82, 2.24) is 10.7 Å². The molecular weight excluding hydrogens is 218 g/mol. The van der Waals surface area contributed by atoms with E-state index in [1.54, 1.807) is 0 Å². The van der Waals surface area contributed by atoms with Gasteiger partial charge in [-0.05, 0) is 20.3 Å². The van der Waals surface area contributed by atoms with Gasteiger partial charge in [0.2, 0.25) is 16.0 Å². The van der Waals surface area contributed by atoms with Gasteiger partial charge in [-0.25, -0.2) is 19.4 Å². The van der Waals surface area contributed by atoms with Gasteiger partial charge in [0.15, 0.2) is 0 Å². The maximum atomic E-state index is 10.6. The summed E-state index contributed by atoms with van der Waals surface area (Å²) in [6.07, 6.45) is 0.379. The molecule has 0 saturated heterocycles. The third-order valence-corrected chi connectivity index (χ3v) is 2.28. The smallest absolute Gasteiger partial charge is 0.209 e. The zero-order valence-electron chi connectivity index (χ0n) is 9.03. The van der Waals surface area contributed by atoms with E-state index in [4.69, 9.17) is 11.0 Å². The molecule has 0 aromatic heterocycles. The zero-order valence-corrected chi connectivity index (χ0v) is 9.84. The van der Waals surface area contributed by atoms with Crippen LogP contribution >= 0.6 is 0 Å². The summed E-state index contributed by atoms with van der Waals surface area (Å²) in [4.78, 5) is 4.03. The van der Waals surface area contributed by atoms with Crippen LogP contribution in [-0.2, 0) is 10.0 Å². The van der Waals surface area contributed by atoms with Crippen LogP contribution in [-0.4, -0.2) is 32.7 Å². The van der Waals surface area contributed by atoms with Crippen molar-refractivity contribution in [3.63, 3.8) is 0 Å². The lowest BCUT2D eigenvalue weighted by molar-refractivity contribution is 0.595. The lowest BCUT2D eigenvalue weighted by Crippen LogP contribution is -2.44. The molecule has 0 aromatic carbocycles. The minimum atomic E-state index is -3.39. The van der Waals surface area contributed by atoms with Crippen molar-refractivity contribution in [1.29, 1.82) is 0 Å². The molecule has 0 aliphatic rings. The Balaban J connectivity index is 3.92. The number of nitrogens with zero attached hydrogens (tertiary/aromatic N) is 1. The first-order valence-electron chi connectivity index (χ1n) is 4.63. The maximum Gasteiger partial charge on any atom is 0.209 e. The Morgan fingerprint density at radius 2 is 2.07 bits per heavy atom. The monoisotopic (exact) mass is 237 g/mol. The predicted octanol–water partition coefficient (Wildman–Crippen LogP) is -1.52. The second-order valence-electron chi connectivity index (χ2n) is 3.39. The Kier molecular flexibility index (Phi) is 6.21. The number of hydrazine groups is 1. The number of nitrogens with two attached hydrogens (primary N) is 2. The number of primary sulfonamides is 1. The lowest BCUT2D eigenvalue weighted by atomic mass is 10.4. The normalized spacial score (nSPS) is 13.0. The van der Waals surface area contributed by atoms with Crippen LogP contribution in [0.2, 0.25) is 0 Å². The highest BCUT2D eigenvalue weighted by molar-refractivity contribution is 7.89. The summed E-state index contributed by atoms with van der Waals surface area (Å²) >= 11 is 0. The third-order valence-electron chi connectivity index (χ3n) is 1.42. The average molecular weight is 237 g/mol. The van der Waals surface area contributed by atoms with E-state index in [1.165, 1.54) is 0 Å². The van der Waals surface area contributed by atoms with Gasteiger partial charge < -0.3 is 5.32 Å². The van der Waals surface area contributed by atoms with Crippen LogP contribution in [0.5, 0.6) is 0 Å². The molecule has 0 aliphatic heterocycles. The van der Waals surface area contributed by atoms with Crippen LogP contribution in [0.3, 0.4) is 0 Å². The van der Waals surface area contributed by atoms with E-state index < -0.39 is 10.0 Å². The second-order valence-corrected chi connectivity index (χ2v) is 5.13. The Hall–Kier alpha value is -0.860. The number of sulfonamides is 1. The molecule has 0 amide bonds. The van der Waals surface area contributed by atoms with Crippen LogP contribution in [0, 0.1) is 0 Å². The maximum absolute atomic E-state index is 10.6. The standard InChI is InChI=1S/C7H19N5O2S/c1-6(2)11-7(12-8)10-4-3-5-15(9,13)14/h6H,3-5,8H2,1-2H3,(H2,9,13,14)(H2,10,11,12). The molecule has 0 saturated carbocycles. The van der Waals surface area contributed by atoms with Gasteiger partial charge in [-0.1, -0.05) is 0 Å². The van der Waals surface area contributed by atoms with Gasteiger partial charge >= 0.3 is 0 Å². The average Bonchev–Trinajstić information content (AvgIpc) is 2.08. The summed E-state index contributed by atoms with van der Waals surface area (Å²) in [6.45, 7) is 4.24. The first kappa shape index (κ1) is 14.1. The summed E-state index contributed by atoms with van der Waals surface area (Å²) in [6, 6.07) is 0.207.